The summed E-state index contributed by atoms with van der Waals surface area (Å²) >= 11 is 1.52. The van der Waals surface area contributed by atoms with E-state index in [2.05, 4.69) is 15.5 Å². The van der Waals surface area contributed by atoms with Gasteiger partial charge in [-0.3, -0.25) is 4.79 Å². The molecule has 0 radical (unpaired) electrons. The van der Waals surface area contributed by atoms with Crippen molar-refractivity contribution in [1.82, 2.24) is 15.5 Å². The van der Waals surface area contributed by atoms with Gasteiger partial charge in [0.1, 0.15) is 0 Å². The van der Waals surface area contributed by atoms with Gasteiger partial charge >= 0.3 is 0 Å². The van der Waals surface area contributed by atoms with E-state index in [9.17, 15) is 9.90 Å². The summed E-state index contributed by atoms with van der Waals surface area (Å²) in [7, 11) is 0. The lowest BCUT2D eigenvalue weighted by Crippen LogP contribution is -2.41. The summed E-state index contributed by atoms with van der Waals surface area (Å²) in [6.07, 6.45) is 3.16. The van der Waals surface area contributed by atoms with Crippen LogP contribution in [0, 0.1) is 0 Å². The van der Waals surface area contributed by atoms with Crippen LogP contribution in [0.15, 0.2) is 35.1 Å². The molecule has 0 bridgehead atoms. The molecule has 0 fully saturated rings. The molecule has 2 rings (SSSR count). The van der Waals surface area contributed by atoms with E-state index >= 15 is 0 Å². The molecule has 112 valence electrons. The SMILES string of the molecule is CSC(CO)C(C)NC(=O)c1ccc(-c2nnco2)cc1. The number of amides is 1. The molecule has 0 saturated carbocycles. The van der Waals surface area contributed by atoms with Gasteiger partial charge in [-0.2, -0.15) is 11.8 Å². The van der Waals surface area contributed by atoms with Crippen LogP contribution in [0.2, 0.25) is 0 Å². The molecule has 2 atom stereocenters. The average molecular weight is 307 g/mol. The Balaban J connectivity index is 2.03. The first-order valence-electron chi connectivity index (χ1n) is 6.46. The van der Waals surface area contributed by atoms with Crippen LogP contribution in [0.3, 0.4) is 0 Å². The maximum atomic E-state index is 12.1. The predicted octanol–water partition coefficient (Wildman–Crippen LogP) is 1.58. The van der Waals surface area contributed by atoms with Gasteiger partial charge in [0.15, 0.2) is 0 Å². The van der Waals surface area contributed by atoms with Gasteiger partial charge in [-0.05, 0) is 37.4 Å². The van der Waals surface area contributed by atoms with Crippen molar-refractivity contribution in [2.24, 2.45) is 0 Å². The maximum absolute atomic E-state index is 12.1. The Labute approximate surface area is 127 Å². The average Bonchev–Trinajstić information content (AvgIpc) is 3.03. The van der Waals surface area contributed by atoms with E-state index in [1.165, 1.54) is 18.2 Å². The van der Waals surface area contributed by atoms with Crippen LogP contribution in [0.25, 0.3) is 11.5 Å². The number of nitrogens with one attached hydrogen (secondary N) is 1. The first-order chi connectivity index (χ1) is 10.2. The van der Waals surface area contributed by atoms with Crippen LogP contribution >= 0.6 is 11.8 Å². The van der Waals surface area contributed by atoms with E-state index in [-0.39, 0.29) is 23.8 Å². The zero-order chi connectivity index (χ0) is 15.2. The molecular formula is C14H17N3O3S. The second-order valence-corrected chi connectivity index (χ2v) is 5.62. The molecule has 0 spiro atoms. The van der Waals surface area contributed by atoms with Crippen LogP contribution in [-0.4, -0.2) is 45.4 Å². The van der Waals surface area contributed by atoms with E-state index in [4.69, 9.17) is 4.42 Å². The van der Waals surface area contributed by atoms with Crippen LogP contribution in [0.4, 0.5) is 0 Å². The molecule has 2 unspecified atom stereocenters. The number of benzene rings is 1. The topological polar surface area (TPSA) is 88.2 Å². The smallest absolute Gasteiger partial charge is 0.251 e. The normalized spacial score (nSPS) is 13.7. The molecule has 6 nitrogen and oxygen atoms in total. The van der Waals surface area contributed by atoms with Crippen LogP contribution in [-0.2, 0) is 0 Å². The molecular weight excluding hydrogens is 290 g/mol. The van der Waals surface area contributed by atoms with Crippen molar-refractivity contribution in [3.8, 4) is 11.5 Å². The van der Waals surface area contributed by atoms with Crippen molar-refractivity contribution >= 4 is 17.7 Å². The highest BCUT2D eigenvalue weighted by Crippen LogP contribution is 2.17. The van der Waals surface area contributed by atoms with Crippen molar-refractivity contribution in [2.45, 2.75) is 18.2 Å². The summed E-state index contributed by atoms with van der Waals surface area (Å²) in [4.78, 5) is 12.1. The first-order valence-corrected chi connectivity index (χ1v) is 7.75. The number of rotatable bonds is 6. The quantitative estimate of drug-likeness (QED) is 0.842. The number of carbonyl (C=O) groups excluding carboxylic acids is 1. The van der Waals surface area contributed by atoms with Crippen molar-refractivity contribution in [1.29, 1.82) is 0 Å². The van der Waals surface area contributed by atoms with Gasteiger partial charge in [0.2, 0.25) is 12.3 Å². The summed E-state index contributed by atoms with van der Waals surface area (Å²) in [5, 5.41) is 19.5. The second-order valence-electron chi connectivity index (χ2n) is 4.54. The van der Waals surface area contributed by atoms with Crippen LogP contribution in [0.1, 0.15) is 17.3 Å². The minimum atomic E-state index is -0.174. The molecule has 2 N–H and O–H groups in total. The van der Waals surface area contributed by atoms with Gasteiger partial charge in [-0.15, -0.1) is 10.2 Å². The largest absolute Gasteiger partial charge is 0.423 e. The lowest BCUT2D eigenvalue weighted by atomic mass is 10.1. The number of aliphatic hydroxyl groups is 1. The second kappa shape index (κ2) is 7.24. The van der Waals surface area contributed by atoms with Crippen molar-refractivity contribution in [3.63, 3.8) is 0 Å². The Morgan fingerprint density at radius 3 is 2.67 bits per heavy atom. The molecule has 0 saturated heterocycles. The summed E-state index contributed by atoms with van der Waals surface area (Å²) < 4.78 is 5.09. The van der Waals surface area contributed by atoms with E-state index in [0.29, 0.717) is 11.5 Å². The van der Waals surface area contributed by atoms with Crippen molar-refractivity contribution < 1.29 is 14.3 Å². The fraction of sp³-hybridized carbons (Fsp3) is 0.357. The molecule has 0 aliphatic rings. The zero-order valence-electron chi connectivity index (χ0n) is 11.8. The molecule has 2 aromatic rings. The third-order valence-corrected chi connectivity index (χ3v) is 4.32. The monoisotopic (exact) mass is 307 g/mol. The summed E-state index contributed by atoms with van der Waals surface area (Å²) in [6.45, 7) is 1.90. The molecule has 21 heavy (non-hydrogen) atoms. The van der Waals surface area contributed by atoms with Crippen LogP contribution in [0.5, 0.6) is 0 Å². The van der Waals surface area contributed by atoms with E-state index in [1.54, 1.807) is 24.3 Å². The lowest BCUT2D eigenvalue weighted by molar-refractivity contribution is 0.0936. The lowest BCUT2D eigenvalue weighted by Gasteiger charge is -2.21. The summed E-state index contributed by atoms with van der Waals surface area (Å²) in [5.74, 6) is 0.241. The van der Waals surface area contributed by atoms with Gasteiger partial charge in [0.05, 0.1) is 6.61 Å². The molecule has 7 heteroatoms. The molecule has 0 aliphatic heterocycles. The molecule has 0 aliphatic carbocycles. The van der Waals surface area contributed by atoms with Gasteiger partial charge in [0, 0.05) is 22.4 Å². The van der Waals surface area contributed by atoms with Crippen LogP contribution < -0.4 is 5.32 Å². The van der Waals surface area contributed by atoms with E-state index in [0.717, 1.165) is 5.56 Å². The summed E-state index contributed by atoms with van der Waals surface area (Å²) in [5.41, 5.74) is 1.30. The Bertz CT molecular complexity index is 568. The highest BCUT2D eigenvalue weighted by molar-refractivity contribution is 7.99. The fourth-order valence-corrected chi connectivity index (χ4v) is 2.51. The maximum Gasteiger partial charge on any atom is 0.251 e. The van der Waals surface area contributed by atoms with Gasteiger partial charge < -0.3 is 14.8 Å². The number of hydrogen-bond donors (Lipinski definition) is 2. The number of nitrogens with zero attached hydrogens (tertiary/aromatic N) is 2. The first kappa shape index (κ1) is 15.5. The Morgan fingerprint density at radius 2 is 2.14 bits per heavy atom. The summed E-state index contributed by atoms with van der Waals surface area (Å²) in [6, 6.07) is 6.80. The zero-order valence-corrected chi connectivity index (χ0v) is 12.6. The standard InChI is InChI=1S/C14H17N3O3S/c1-9(12(7-18)21-2)16-13(19)10-3-5-11(6-4-10)14-17-15-8-20-14/h3-6,8-9,12,18H,7H2,1-2H3,(H,16,19). The Kier molecular flexibility index (Phi) is 5.35. The third kappa shape index (κ3) is 3.83. The third-order valence-electron chi connectivity index (χ3n) is 3.15. The number of aromatic nitrogens is 2. The molecule has 1 amide bonds. The number of carbonyl (C=O) groups is 1. The highest BCUT2D eigenvalue weighted by atomic mass is 32.2. The minimum absolute atomic E-state index is 0.0217. The fourth-order valence-electron chi connectivity index (χ4n) is 1.88. The van der Waals surface area contributed by atoms with Gasteiger partial charge in [0.25, 0.3) is 5.91 Å². The molecule has 1 heterocycles. The van der Waals surface area contributed by atoms with Crippen molar-refractivity contribution in [2.75, 3.05) is 12.9 Å². The minimum Gasteiger partial charge on any atom is -0.423 e. The van der Waals surface area contributed by atoms with Gasteiger partial charge in [-0.25, -0.2) is 0 Å². The highest BCUT2D eigenvalue weighted by Gasteiger charge is 2.18. The van der Waals surface area contributed by atoms with Gasteiger partial charge in [-0.1, -0.05) is 0 Å². The van der Waals surface area contributed by atoms with E-state index < -0.39 is 0 Å². The number of aliphatic hydroxyl groups excluding tert-OH is 1. The van der Waals surface area contributed by atoms with E-state index in [1.807, 2.05) is 13.2 Å². The number of thioether (sulfide) groups is 1. The number of hydrogen-bond acceptors (Lipinski definition) is 6. The Morgan fingerprint density at radius 1 is 1.43 bits per heavy atom. The molecule has 1 aromatic carbocycles. The Hall–Kier alpha value is -1.86. The van der Waals surface area contributed by atoms with Crippen molar-refractivity contribution in [3.05, 3.63) is 36.2 Å². The molecule has 1 aromatic heterocycles. The predicted molar refractivity (Wildman–Crippen MR) is 81.1 cm³/mol.